The van der Waals surface area contributed by atoms with Gasteiger partial charge < -0.3 is 9.47 Å². The summed E-state index contributed by atoms with van der Waals surface area (Å²) in [5, 5.41) is 0. The van der Waals surface area contributed by atoms with Gasteiger partial charge in [-0.1, -0.05) is 79.1 Å². The fourth-order valence-corrected chi connectivity index (χ4v) is 2.70. The fraction of sp³-hybridized carbons (Fsp3) is 0.864. The molecule has 0 aromatic rings. The SMILES string of the molecule is CC(C)CCCCCCOC(=O)CC(=O)C(=O)OCCCCCCC(C)C. The Labute approximate surface area is 165 Å². The van der Waals surface area contributed by atoms with Crippen LogP contribution in [0.25, 0.3) is 0 Å². The summed E-state index contributed by atoms with van der Waals surface area (Å²) in [6, 6.07) is 0. The molecule has 0 spiro atoms. The summed E-state index contributed by atoms with van der Waals surface area (Å²) >= 11 is 0. The van der Waals surface area contributed by atoms with Crippen molar-refractivity contribution in [3.63, 3.8) is 0 Å². The van der Waals surface area contributed by atoms with E-state index in [0.29, 0.717) is 12.5 Å². The van der Waals surface area contributed by atoms with Gasteiger partial charge in [0.15, 0.2) is 0 Å². The second-order valence-electron chi connectivity index (χ2n) is 8.15. The zero-order valence-corrected chi connectivity index (χ0v) is 17.9. The minimum atomic E-state index is -0.928. The maximum atomic E-state index is 11.7. The summed E-state index contributed by atoms with van der Waals surface area (Å²) in [6.07, 6.45) is 10.0. The third-order valence-corrected chi connectivity index (χ3v) is 4.38. The molecule has 0 saturated carbocycles. The minimum Gasteiger partial charge on any atom is -0.465 e. The highest BCUT2D eigenvalue weighted by molar-refractivity contribution is 6.36. The second kappa shape index (κ2) is 16.8. The summed E-state index contributed by atoms with van der Waals surface area (Å²) in [4.78, 5) is 34.8. The van der Waals surface area contributed by atoms with Crippen LogP contribution in [0.2, 0.25) is 0 Å². The third-order valence-electron chi connectivity index (χ3n) is 4.38. The van der Waals surface area contributed by atoms with Gasteiger partial charge in [-0.2, -0.15) is 0 Å². The van der Waals surface area contributed by atoms with Gasteiger partial charge in [0, 0.05) is 0 Å². The first-order chi connectivity index (χ1) is 12.8. The number of rotatable bonds is 17. The summed E-state index contributed by atoms with van der Waals surface area (Å²) < 4.78 is 9.94. The normalized spacial score (nSPS) is 11.0. The van der Waals surface area contributed by atoms with Crippen molar-refractivity contribution >= 4 is 17.7 Å². The van der Waals surface area contributed by atoms with E-state index in [1.54, 1.807) is 0 Å². The lowest BCUT2D eigenvalue weighted by atomic mass is 10.0. The molecule has 0 unspecified atom stereocenters. The Morgan fingerprint density at radius 2 is 1.07 bits per heavy atom. The molecule has 0 radical (unpaired) electrons. The van der Waals surface area contributed by atoms with Crippen LogP contribution in [0.15, 0.2) is 0 Å². The van der Waals surface area contributed by atoms with E-state index in [0.717, 1.165) is 44.4 Å². The van der Waals surface area contributed by atoms with E-state index >= 15 is 0 Å². The molecule has 0 rings (SSSR count). The lowest BCUT2D eigenvalue weighted by molar-refractivity contribution is -0.158. The van der Waals surface area contributed by atoms with E-state index < -0.39 is 24.1 Å². The molecular weight excluding hydrogens is 344 g/mol. The van der Waals surface area contributed by atoms with Crippen molar-refractivity contribution in [1.29, 1.82) is 0 Å². The Kier molecular flexibility index (Phi) is 15.9. The number of carbonyl (C=O) groups is 3. The minimum absolute atomic E-state index is 0.234. The number of carbonyl (C=O) groups excluding carboxylic acids is 3. The monoisotopic (exact) mass is 384 g/mol. The zero-order chi connectivity index (χ0) is 20.5. The second-order valence-corrected chi connectivity index (χ2v) is 8.15. The van der Waals surface area contributed by atoms with E-state index in [2.05, 4.69) is 27.7 Å². The molecular formula is C22H40O5. The molecule has 0 amide bonds. The number of Topliss-reactive ketones (excluding diaryl/α,β-unsaturated/α-hetero) is 1. The number of hydrogen-bond acceptors (Lipinski definition) is 5. The molecule has 27 heavy (non-hydrogen) atoms. The molecule has 158 valence electrons. The zero-order valence-electron chi connectivity index (χ0n) is 17.9. The summed E-state index contributed by atoms with van der Waals surface area (Å²) in [5.41, 5.74) is 0. The molecule has 0 aliphatic heterocycles. The van der Waals surface area contributed by atoms with Gasteiger partial charge in [-0.15, -0.1) is 0 Å². The molecule has 0 atom stereocenters. The van der Waals surface area contributed by atoms with Crippen LogP contribution < -0.4 is 0 Å². The van der Waals surface area contributed by atoms with Crippen LogP contribution in [-0.4, -0.2) is 30.9 Å². The van der Waals surface area contributed by atoms with Crippen molar-refractivity contribution in [2.24, 2.45) is 11.8 Å². The quantitative estimate of drug-likeness (QED) is 0.148. The van der Waals surface area contributed by atoms with Gasteiger partial charge in [0.1, 0.15) is 6.42 Å². The number of ether oxygens (including phenoxy) is 2. The van der Waals surface area contributed by atoms with Crippen LogP contribution in [0, 0.1) is 11.8 Å². The smallest absolute Gasteiger partial charge is 0.375 e. The van der Waals surface area contributed by atoms with E-state index in [1.807, 2.05) is 0 Å². The fourth-order valence-electron chi connectivity index (χ4n) is 2.70. The van der Waals surface area contributed by atoms with Crippen molar-refractivity contribution in [3.05, 3.63) is 0 Å². The molecule has 5 heteroatoms. The summed E-state index contributed by atoms with van der Waals surface area (Å²) in [5.74, 6) is -0.962. The van der Waals surface area contributed by atoms with E-state index in [1.165, 1.54) is 25.7 Å². The molecule has 0 aliphatic rings. The van der Waals surface area contributed by atoms with Crippen molar-refractivity contribution in [3.8, 4) is 0 Å². The largest absolute Gasteiger partial charge is 0.465 e. The van der Waals surface area contributed by atoms with Gasteiger partial charge in [0.2, 0.25) is 0 Å². The van der Waals surface area contributed by atoms with E-state index in [-0.39, 0.29) is 6.61 Å². The first kappa shape index (κ1) is 25.6. The van der Waals surface area contributed by atoms with Crippen LogP contribution >= 0.6 is 0 Å². The number of hydrogen-bond donors (Lipinski definition) is 0. The van der Waals surface area contributed by atoms with Gasteiger partial charge in [0.05, 0.1) is 13.2 Å². The predicted octanol–water partition coefficient (Wildman–Crippen LogP) is 5.25. The average Bonchev–Trinajstić information content (AvgIpc) is 2.59. The number of esters is 2. The van der Waals surface area contributed by atoms with Crippen LogP contribution in [0.4, 0.5) is 0 Å². The molecule has 0 bridgehead atoms. The van der Waals surface area contributed by atoms with Gasteiger partial charge in [-0.3, -0.25) is 9.59 Å². The van der Waals surface area contributed by atoms with Gasteiger partial charge in [0.25, 0.3) is 5.78 Å². The van der Waals surface area contributed by atoms with Crippen molar-refractivity contribution in [1.82, 2.24) is 0 Å². The third kappa shape index (κ3) is 17.8. The Morgan fingerprint density at radius 3 is 1.56 bits per heavy atom. The highest BCUT2D eigenvalue weighted by atomic mass is 16.5. The highest BCUT2D eigenvalue weighted by Gasteiger charge is 2.20. The molecule has 0 heterocycles. The van der Waals surface area contributed by atoms with Gasteiger partial charge in [-0.05, 0) is 24.7 Å². The Bertz CT molecular complexity index is 415. The van der Waals surface area contributed by atoms with Gasteiger partial charge >= 0.3 is 11.9 Å². The van der Waals surface area contributed by atoms with Crippen molar-refractivity contribution in [2.45, 2.75) is 98.3 Å². The van der Waals surface area contributed by atoms with Crippen LogP contribution in [-0.2, 0) is 23.9 Å². The maximum absolute atomic E-state index is 11.7. The van der Waals surface area contributed by atoms with Crippen molar-refractivity contribution in [2.75, 3.05) is 13.2 Å². The molecule has 0 N–H and O–H groups in total. The number of ketones is 1. The van der Waals surface area contributed by atoms with E-state index in [4.69, 9.17) is 9.47 Å². The lowest BCUT2D eigenvalue weighted by Crippen LogP contribution is -2.22. The van der Waals surface area contributed by atoms with Crippen LogP contribution in [0.1, 0.15) is 98.3 Å². The summed E-state index contributed by atoms with van der Waals surface area (Å²) in [7, 11) is 0. The van der Waals surface area contributed by atoms with Gasteiger partial charge in [-0.25, -0.2) is 4.79 Å². The molecule has 0 aliphatic carbocycles. The molecule has 0 saturated heterocycles. The predicted molar refractivity (Wildman–Crippen MR) is 107 cm³/mol. The summed E-state index contributed by atoms with van der Waals surface area (Å²) in [6.45, 7) is 9.35. The average molecular weight is 385 g/mol. The standard InChI is InChI=1S/C22H40O5/c1-18(2)13-9-5-7-11-15-26-21(24)17-20(23)22(25)27-16-12-8-6-10-14-19(3)4/h18-19H,5-17H2,1-4H3. The van der Waals surface area contributed by atoms with E-state index in [9.17, 15) is 14.4 Å². The lowest BCUT2D eigenvalue weighted by Gasteiger charge is -2.07. The molecule has 0 aromatic carbocycles. The molecule has 0 aromatic heterocycles. The first-order valence-corrected chi connectivity index (χ1v) is 10.7. The maximum Gasteiger partial charge on any atom is 0.375 e. The van der Waals surface area contributed by atoms with Crippen molar-refractivity contribution < 1.29 is 23.9 Å². The Hall–Kier alpha value is -1.39. The Balaban J connectivity index is 3.60. The highest BCUT2D eigenvalue weighted by Crippen LogP contribution is 2.10. The molecule has 0 fully saturated rings. The Morgan fingerprint density at radius 1 is 0.630 bits per heavy atom. The van der Waals surface area contributed by atoms with Crippen LogP contribution in [0.5, 0.6) is 0 Å². The van der Waals surface area contributed by atoms with Crippen LogP contribution in [0.3, 0.4) is 0 Å². The topological polar surface area (TPSA) is 69.7 Å². The molecule has 5 nitrogen and oxygen atoms in total. The number of unbranched alkanes of at least 4 members (excludes halogenated alkanes) is 6. The first-order valence-electron chi connectivity index (χ1n) is 10.7.